The Morgan fingerprint density at radius 3 is 1.75 bits per heavy atom. The van der Waals surface area contributed by atoms with Crippen LogP contribution < -0.4 is 0 Å². The average Bonchev–Trinajstić information content (AvgIpc) is 2.55. The van der Waals surface area contributed by atoms with Crippen LogP contribution in [0.25, 0.3) is 0 Å². The van der Waals surface area contributed by atoms with Crippen LogP contribution in [0.3, 0.4) is 0 Å². The minimum absolute atomic E-state index is 0.120. The standard InChI is InChI=1S/C18H32O6/c1-6-11-12-13(7-2)15(19)16(22-8-3)14(17(20)23-9-4)18(21)24-10-5/h13-14,16H,6-12H2,1-5H3. The summed E-state index contributed by atoms with van der Waals surface area (Å²) in [6, 6.07) is 0. The van der Waals surface area contributed by atoms with E-state index in [-0.39, 0.29) is 31.5 Å². The van der Waals surface area contributed by atoms with Crippen molar-refractivity contribution in [3.8, 4) is 0 Å². The molecule has 24 heavy (non-hydrogen) atoms. The first-order chi connectivity index (χ1) is 11.5. The van der Waals surface area contributed by atoms with Crippen LogP contribution in [0.1, 0.15) is 60.3 Å². The molecule has 0 aliphatic rings. The molecule has 0 amide bonds. The van der Waals surface area contributed by atoms with E-state index in [1.165, 1.54) is 0 Å². The molecule has 0 aromatic rings. The molecule has 0 aliphatic carbocycles. The smallest absolute Gasteiger partial charge is 0.323 e. The van der Waals surface area contributed by atoms with Crippen LogP contribution in [0.15, 0.2) is 0 Å². The minimum atomic E-state index is -1.37. The van der Waals surface area contributed by atoms with Gasteiger partial charge in [-0.2, -0.15) is 0 Å². The summed E-state index contributed by atoms with van der Waals surface area (Å²) >= 11 is 0. The van der Waals surface area contributed by atoms with E-state index in [4.69, 9.17) is 14.2 Å². The second kappa shape index (κ2) is 12.9. The van der Waals surface area contributed by atoms with E-state index >= 15 is 0 Å². The van der Waals surface area contributed by atoms with Gasteiger partial charge in [0.25, 0.3) is 0 Å². The summed E-state index contributed by atoms with van der Waals surface area (Å²) in [7, 11) is 0. The van der Waals surface area contributed by atoms with Gasteiger partial charge in [-0.25, -0.2) is 0 Å². The summed E-state index contributed by atoms with van der Waals surface area (Å²) in [4.78, 5) is 37.4. The highest BCUT2D eigenvalue weighted by Gasteiger charge is 2.43. The maximum absolute atomic E-state index is 12.9. The summed E-state index contributed by atoms with van der Waals surface area (Å²) in [5, 5.41) is 0. The fourth-order valence-corrected chi connectivity index (χ4v) is 2.56. The lowest BCUT2D eigenvalue weighted by atomic mass is 9.86. The summed E-state index contributed by atoms with van der Waals surface area (Å²) in [6.45, 7) is 9.45. The van der Waals surface area contributed by atoms with E-state index in [1.54, 1.807) is 20.8 Å². The maximum Gasteiger partial charge on any atom is 0.323 e. The van der Waals surface area contributed by atoms with Gasteiger partial charge in [0.05, 0.1) is 13.2 Å². The Morgan fingerprint density at radius 1 is 0.833 bits per heavy atom. The number of carbonyl (C=O) groups excluding carboxylic acids is 3. The van der Waals surface area contributed by atoms with Gasteiger partial charge in [0.2, 0.25) is 0 Å². The number of ether oxygens (including phenoxy) is 3. The number of Topliss-reactive ketones (excluding diaryl/α,β-unsaturated/α-hetero) is 1. The molecule has 0 aromatic heterocycles. The molecular formula is C18H32O6. The van der Waals surface area contributed by atoms with Crippen molar-refractivity contribution in [2.75, 3.05) is 19.8 Å². The van der Waals surface area contributed by atoms with Gasteiger partial charge in [0.1, 0.15) is 6.10 Å². The first-order valence-electron chi connectivity index (χ1n) is 8.96. The molecule has 0 saturated carbocycles. The Kier molecular flexibility index (Phi) is 12.2. The predicted molar refractivity (Wildman–Crippen MR) is 90.5 cm³/mol. The molecule has 140 valence electrons. The molecule has 0 fully saturated rings. The molecule has 0 aromatic carbocycles. The number of ketones is 1. The largest absolute Gasteiger partial charge is 0.465 e. The number of hydrogen-bond donors (Lipinski definition) is 0. The number of unbranched alkanes of at least 4 members (excludes halogenated alkanes) is 1. The predicted octanol–water partition coefficient (Wildman–Crippen LogP) is 2.92. The first kappa shape index (κ1) is 22.6. The van der Waals surface area contributed by atoms with Crippen LogP contribution in [-0.4, -0.2) is 43.6 Å². The van der Waals surface area contributed by atoms with E-state index in [1.807, 2.05) is 6.92 Å². The highest BCUT2D eigenvalue weighted by Crippen LogP contribution is 2.23. The molecule has 0 aliphatic heterocycles. The number of hydrogen-bond acceptors (Lipinski definition) is 6. The lowest BCUT2D eigenvalue weighted by Crippen LogP contribution is -2.46. The van der Waals surface area contributed by atoms with Crippen molar-refractivity contribution < 1.29 is 28.6 Å². The van der Waals surface area contributed by atoms with Gasteiger partial charge >= 0.3 is 11.9 Å². The highest BCUT2D eigenvalue weighted by molar-refractivity contribution is 6.02. The molecule has 0 bridgehead atoms. The Hall–Kier alpha value is -1.43. The zero-order chi connectivity index (χ0) is 18.5. The molecular weight excluding hydrogens is 312 g/mol. The molecule has 0 saturated heterocycles. The molecule has 0 radical (unpaired) electrons. The van der Waals surface area contributed by atoms with Crippen molar-refractivity contribution in [1.29, 1.82) is 0 Å². The van der Waals surface area contributed by atoms with Gasteiger partial charge in [-0.05, 0) is 33.6 Å². The summed E-state index contributed by atoms with van der Waals surface area (Å²) < 4.78 is 15.5. The molecule has 0 heterocycles. The average molecular weight is 344 g/mol. The molecule has 6 heteroatoms. The van der Waals surface area contributed by atoms with Gasteiger partial charge in [-0.15, -0.1) is 0 Å². The minimum Gasteiger partial charge on any atom is -0.465 e. The summed E-state index contributed by atoms with van der Waals surface area (Å²) in [5.41, 5.74) is 0. The lowest BCUT2D eigenvalue weighted by Gasteiger charge is -2.26. The topological polar surface area (TPSA) is 78.9 Å². The second-order valence-electron chi connectivity index (χ2n) is 5.51. The SMILES string of the molecule is CCCCC(CC)C(=O)C(OCC)C(C(=O)OCC)C(=O)OCC. The number of carbonyl (C=O) groups is 3. The Balaban J connectivity index is 5.50. The van der Waals surface area contributed by atoms with Crippen molar-refractivity contribution in [2.45, 2.75) is 66.4 Å². The monoisotopic (exact) mass is 344 g/mol. The quantitative estimate of drug-likeness (QED) is 0.377. The van der Waals surface area contributed by atoms with Crippen LogP contribution in [0, 0.1) is 11.8 Å². The van der Waals surface area contributed by atoms with Crippen LogP contribution in [0.5, 0.6) is 0 Å². The van der Waals surface area contributed by atoms with Gasteiger partial charge < -0.3 is 14.2 Å². The van der Waals surface area contributed by atoms with Crippen molar-refractivity contribution in [2.24, 2.45) is 11.8 Å². The number of esters is 2. The van der Waals surface area contributed by atoms with Gasteiger partial charge in [0, 0.05) is 12.5 Å². The van der Waals surface area contributed by atoms with Crippen molar-refractivity contribution >= 4 is 17.7 Å². The zero-order valence-electron chi connectivity index (χ0n) is 15.6. The summed E-state index contributed by atoms with van der Waals surface area (Å²) in [5.74, 6) is -3.37. The van der Waals surface area contributed by atoms with Gasteiger partial charge in [-0.1, -0.05) is 26.7 Å². The third-order valence-corrected chi connectivity index (χ3v) is 3.81. The van der Waals surface area contributed by atoms with Crippen molar-refractivity contribution in [3.05, 3.63) is 0 Å². The van der Waals surface area contributed by atoms with E-state index in [2.05, 4.69) is 6.92 Å². The molecule has 2 unspecified atom stereocenters. The summed E-state index contributed by atoms with van der Waals surface area (Å²) in [6.07, 6.45) is 2.08. The van der Waals surface area contributed by atoms with Crippen molar-refractivity contribution in [3.63, 3.8) is 0 Å². The fourth-order valence-electron chi connectivity index (χ4n) is 2.56. The Morgan fingerprint density at radius 2 is 1.38 bits per heavy atom. The van der Waals surface area contributed by atoms with Crippen LogP contribution in [0.2, 0.25) is 0 Å². The maximum atomic E-state index is 12.9. The van der Waals surface area contributed by atoms with E-state index < -0.39 is 24.0 Å². The molecule has 0 spiro atoms. The fraction of sp³-hybridized carbons (Fsp3) is 0.833. The normalized spacial score (nSPS) is 13.4. The van der Waals surface area contributed by atoms with E-state index in [0.29, 0.717) is 12.8 Å². The third-order valence-electron chi connectivity index (χ3n) is 3.81. The van der Waals surface area contributed by atoms with E-state index in [9.17, 15) is 14.4 Å². The molecule has 0 N–H and O–H groups in total. The van der Waals surface area contributed by atoms with Crippen LogP contribution in [-0.2, 0) is 28.6 Å². The molecule has 2 atom stereocenters. The zero-order valence-corrected chi connectivity index (χ0v) is 15.6. The van der Waals surface area contributed by atoms with E-state index in [0.717, 1.165) is 12.8 Å². The molecule has 0 rings (SSSR count). The Bertz CT molecular complexity index is 375. The van der Waals surface area contributed by atoms with Crippen LogP contribution >= 0.6 is 0 Å². The Labute approximate surface area is 145 Å². The highest BCUT2D eigenvalue weighted by atomic mass is 16.6. The van der Waals surface area contributed by atoms with Gasteiger partial charge in [0.15, 0.2) is 11.7 Å². The second-order valence-corrected chi connectivity index (χ2v) is 5.51. The third kappa shape index (κ3) is 6.99. The van der Waals surface area contributed by atoms with Gasteiger partial charge in [-0.3, -0.25) is 14.4 Å². The van der Waals surface area contributed by atoms with Crippen LogP contribution in [0.4, 0.5) is 0 Å². The molecule has 6 nitrogen and oxygen atoms in total. The number of rotatable bonds is 13. The lowest BCUT2D eigenvalue weighted by molar-refractivity contribution is -0.173. The first-order valence-corrected chi connectivity index (χ1v) is 8.96. The van der Waals surface area contributed by atoms with Crippen molar-refractivity contribution in [1.82, 2.24) is 0 Å².